The topological polar surface area (TPSA) is 66.0 Å². The Morgan fingerprint density at radius 2 is 2.00 bits per heavy atom. The molecule has 0 fully saturated rings. The lowest BCUT2D eigenvalue weighted by molar-refractivity contribution is -0.122. The minimum absolute atomic E-state index is 0.0161. The minimum Gasteiger partial charge on any atom is -0.353 e. The zero-order chi connectivity index (χ0) is 17.4. The van der Waals surface area contributed by atoms with Crippen LogP contribution in [0.1, 0.15) is 46.9 Å². The van der Waals surface area contributed by atoms with Gasteiger partial charge in [-0.25, -0.2) is 0 Å². The average molecular weight is 342 g/mol. The highest BCUT2D eigenvalue weighted by molar-refractivity contribution is 7.71. The van der Waals surface area contributed by atoms with E-state index in [1.54, 1.807) is 4.57 Å². The fourth-order valence-corrected chi connectivity index (χ4v) is 3.04. The predicted molar refractivity (Wildman–Crippen MR) is 96.0 cm³/mol. The lowest BCUT2D eigenvalue weighted by Gasteiger charge is -2.32. The Morgan fingerprint density at radius 3 is 2.52 bits per heavy atom. The van der Waals surface area contributed by atoms with Gasteiger partial charge in [0.15, 0.2) is 4.77 Å². The van der Waals surface area contributed by atoms with Gasteiger partial charge in [0.05, 0.1) is 0 Å². The highest BCUT2D eigenvalue weighted by Gasteiger charge is 2.20. The van der Waals surface area contributed by atoms with Crippen LogP contribution in [0.5, 0.6) is 0 Å². The van der Waals surface area contributed by atoms with Crippen LogP contribution in [-0.4, -0.2) is 51.2 Å². The number of amides is 1. The Hall–Kier alpha value is -1.21. The largest absolute Gasteiger partial charge is 0.353 e. The zero-order valence-corrected chi connectivity index (χ0v) is 15.9. The summed E-state index contributed by atoms with van der Waals surface area (Å²) in [4.78, 5) is 14.7. The highest BCUT2D eigenvalue weighted by Crippen LogP contribution is 2.09. The first kappa shape index (κ1) is 19.8. The van der Waals surface area contributed by atoms with E-state index < -0.39 is 0 Å². The average Bonchev–Trinajstić information content (AvgIpc) is 2.84. The number of rotatable bonds is 10. The molecule has 0 bridgehead atoms. The fraction of sp³-hybridized carbons (Fsp3) is 0.812. The Morgan fingerprint density at radius 1 is 1.35 bits per heavy atom. The van der Waals surface area contributed by atoms with Crippen molar-refractivity contribution in [3.05, 3.63) is 10.6 Å². The molecular formula is C16H31N5OS. The van der Waals surface area contributed by atoms with Crippen LogP contribution in [0.15, 0.2) is 0 Å². The van der Waals surface area contributed by atoms with Gasteiger partial charge in [-0.1, -0.05) is 34.6 Å². The lowest BCUT2D eigenvalue weighted by Crippen LogP contribution is -2.47. The molecule has 0 saturated carbocycles. The van der Waals surface area contributed by atoms with Crippen LogP contribution in [-0.2, 0) is 17.8 Å². The Labute approximate surface area is 144 Å². The predicted octanol–water partition coefficient (Wildman–Crippen LogP) is 2.38. The van der Waals surface area contributed by atoms with E-state index in [4.69, 9.17) is 12.2 Å². The summed E-state index contributed by atoms with van der Waals surface area (Å²) in [5.74, 6) is 1.32. The number of likely N-dealkylation sites (N-methyl/N-ethyl adjacent to an activating group) is 1. The fourth-order valence-electron chi connectivity index (χ4n) is 2.82. The summed E-state index contributed by atoms with van der Waals surface area (Å²) in [7, 11) is 0. The van der Waals surface area contributed by atoms with Crippen LogP contribution in [0, 0.1) is 10.7 Å². The summed E-state index contributed by atoms with van der Waals surface area (Å²) in [5, 5.41) is 10.0. The standard InChI is InChI=1S/C16H31N5OS/c1-6-9-14-18-19-16(23)21(14)11-15(22)17-10-13(12(4)5)20(7-2)8-3/h12-13H,6-11H2,1-5H3,(H,17,22)(H,19,23). The quantitative estimate of drug-likeness (QED) is 0.641. The molecule has 1 aromatic heterocycles. The number of carbonyl (C=O) groups excluding carboxylic acids is 1. The first-order valence-electron chi connectivity index (χ1n) is 8.59. The van der Waals surface area contributed by atoms with Crippen molar-refractivity contribution in [1.82, 2.24) is 25.0 Å². The summed E-state index contributed by atoms with van der Waals surface area (Å²) in [5.41, 5.74) is 0. The molecule has 1 unspecified atom stereocenters. The summed E-state index contributed by atoms with van der Waals surface area (Å²) in [6.45, 7) is 13.7. The number of nitrogens with zero attached hydrogens (tertiary/aromatic N) is 3. The number of hydrogen-bond donors (Lipinski definition) is 2. The SMILES string of the molecule is CCCc1n[nH]c(=S)n1CC(=O)NCC(C(C)C)N(CC)CC. The maximum atomic E-state index is 12.3. The monoisotopic (exact) mass is 341 g/mol. The molecular weight excluding hydrogens is 310 g/mol. The maximum absolute atomic E-state index is 12.3. The van der Waals surface area contributed by atoms with Gasteiger partial charge in [0.25, 0.3) is 0 Å². The van der Waals surface area contributed by atoms with Crippen LogP contribution >= 0.6 is 12.2 Å². The molecule has 7 heteroatoms. The second kappa shape index (κ2) is 9.82. The molecule has 132 valence electrons. The molecule has 1 rings (SSSR count). The molecule has 0 saturated heterocycles. The van der Waals surface area contributed by atoms with E-state index in [2.05, 4.69) is 55.0 Å². The molecule has 1 amide bonds. The molecule has 1 heterocycles. The van der Waals surface area contributed by atoms with Gasteiger partial charge in [-0.2, -0.15) is 5.10 Å². The van der Waals surface area contributed by atoms with Crippen molar-refractivity contribution in [2.45, 2.75) is 60.0 Å². The molecule has 6 nitrogen and oxygen atoms in total. The lowest BCUT2D eigenvalue weighted by atomic mass is 10.0. The van der Waals surface area contributed by atoms with Crippen molar-refractivity contribution in [2.75, 3.05) is 19.6 Å². The first-order valence-corrected chi connectivity index (χ1v) is 9.00. The van der Waals surface area contributed by atoms with Gasteiger partial charge in [-0.05, 0) is 37.6 Å². The van der Waals surface area contributed by atoms with Crippen LogP contribution in [0.25, 0.3) is 0 Å². The van der Waals surface area contributed by atoms with Crippen molar-refractivity contribution in [3.63, 3.8) is 0 Å². The summed E-state index contributed by atoms with van der Waals surface area (Å²) in [6, 6.07) is 0.349. The number of carbonyl (C=O) groups is 1. The second-order valence-electron chi connectivity index (χ2n) is 6.12. The van der Waals surface area contributed by atoms with E-state index in [1.165, 1.54) is 0 Å². The van der Waals surface area contributed by atoms with Gasteiger partial charge in [-0.15, -0.1) is 0 Å². The Balaban J connectivity index is 2.66. The maximum Gasteiger partial charge on any atom is 0.240 e. The van der Waals surface area contributed by atoms with Gasteiger partial charge in [-0.3, -0.25) is 19.4 Å². The first-order chi connectivity index (χ1) is 10.9. The van der Waals surface area contributed by atoms with Gasteiger partial charge in [0.1, 0.15) is 12.4 Å². The minimum atomic E-state index is -0.0161. The smallest absolute Gasteiger partial charge is 0.240 e. The third-order valence-corrected chi connectivity index (χ3v) is 4.48. The van der Waals surface area contributed by atoms with Crippen molar-refractivity contribution >= 4 is 18.1 Å². The summed E-state index contributed by atoms with van der Waals surface area (Å²) >= 11 is 5.22. The molecule has 0 aliphatic carbocycles. The zero-order valence-electron chi connectivity index (χ0n) is 15.1. The molecule has 0 radical (unpaired) electrons. The number of aryl methyl sites for hydroxylation is 1. The van der Waals surface area contributed by atoms with E-state index in [1.807, 2.05) is 0 Å². The van der Waals surface area contributed by atoms with E-state index in [0.717, 1.165) is 31.8 Å². The van der Waals surface area contributed by atoms with Crippen molar-refractivity contribution in [2.24, 2.45) is 5.92 Å². The van der Waals surface area contributed by atoms with E-state index in [9.17, 15) is 4.79 Å². The Bertz CT molecular complexity index is 533. The number of aromatic amines is 1. The number of aromatic nitrogens is 3. The molecule has 0 aliphatic rings. The molecule has 1 aromatic rings. The van der Waals surface area contributed by atoms with Gasteiger partial charge in [0.2, 0.25) is 5.91 Å². The third-order valence-electron chi connectivity index (χ3n) is 4.17. The van der Waals surface area contributed by atoms with Gasteiger partial charge >= 0.3 is 0 Å². The van der Waals surface area contributed by atoms with Crippen LogP contribution in [0.2, 0.25) is 0 Å². The van der Waals surface area contributed by atoms with Crippen molar-refractivity contribution in [3.8, 4) is 0 Å². The molecule has 2 N–H and O–H groups in total. The molecule has 1 atom stereocenters. The van der Waals surface area contributed by atoms with E-state index in [0.29, 0.717) is 23.3 Å². The van der Waals surface area contributed by atoms with E-state index >= 15 is 0 Å². The molecule has 0 spiro atoms. The van der Waals surface area contributed by atoms with Gasteiger partial charge in [0, 0.05) is 19.0 Å². The highest BCUT2D eigenvalue weighted by atomic mass is 32.1. The van der Waals surface area contributed by atoms with E-state index in [-0.39, 0.29) is 12.5 Å². The van der Waals surface area contributed by atoms with Crippen LogP contribution < -0.4 is 5.32 Å². The summed E-state index contributed by atoms with van der Waals surface area (Å²) in [6.07, 6.45) is 1.78. The van der Waals surface area contributed by atoms with Crippen LogP contribution in [0.4, 0.5) is 0 Å². The number of nitrogens with one attached hydrogen (secondary N) is 2. The number of H-pyrrole nitrogens is 1. The molecule has 0 aromatic carbocycles. The second-order valence-corrected chi connectivity index (χ2v) is 6.50. The van der Waals surface area contributed by atoms with Gasteiger partial charge < -0.3 is 5.32 Å². The van der Waals surface area contributed by atoms with Crippen molar-refractivity contribution < 1.29 is 4.79 Å². The summed E-state index contributed by atoms with van der Waals surface area (Å²) < 4.78 is 2.29. The molecule has 23 heavy (non-hydrogen) atoms. The number of hydrogen-bond acceptors (Lipinski definition) is 4. The van der Waals surface area contributed by atoms with Crippen LogP contribution in [0.3, 0.4) is 0 Å². The third kappa shape index (κ3) is 5.73. The molecule has 0 aliphatic heterocycles. The Kier molecular flexibility index (Phi) is 8.47. The normalized spacial score (nSPS) is 12.8. The van der Waals surface area contributed by atoms with Crippen molar-refractivity contribution in [1.29, 1.82) is 0 Å².